The Balaban J connectivity index is 1.56. The van der Waals surface area contributed by atoms with Crippen LogP contribution in [0.15, 0.2) is 72.8 Å². The summed E-state index contributed by atoms with van der Waals surface area (Å²) in [6, 6.07) is 34.8. The molecule has 5 aromatic carbocycles. The van der Waals surface area contributed by atoms with Gasteiger partial charge in [0.05, 0.1) is 0 Å². The topological polar surface area (TPSA) is 0 Å². The maximum atomic E-state index is 3.75. The minimum atomic E-state index is -1.45. The largest absolute Gasteiger partial charge is 0.138 e. The van der Waals surface area contributed by atoms with Gasteiger partial charge in [-0.25, -0.2) is 0 Å². The van der Waals surface area contributed by atoms with Crippen molar-refractivity contribution in [3.63, 3.8) is 0 Å². The molecule has 0 aliphatic carbocycles. The van der Waals surface area contributed by atoms with Gasteiger partial charge in [-0.1, -0.05) is 89.8 Å². The van der Waals surface area contributed by atoms with Crippen LogP contribution in [0.25, 0.3) is 43.1 Å². The minimum absolute atomic E-state index is 1.14. The van der Waals surface area contributed by atoms with Crippen LogP contribution in [0.3, 0.4) is 0 Å². The summed E-state index contributed by atoms with van der Waals surface area (Å²) in [5, 5.41) is 10.3. The molecule has 40 heavy (non-hydrogen) atoms. The van der Waals surface area contributed by atoms with E-state index in [4.69, 9.17) is 0 Å². The predicted molar refractivity (Wildman–Crippen MR) is 185 cm³/mol. The molecule has 0 aromatic heterocycles. The molecular formula is C38H42Si2. The zero-order chi connectivity index (χ0) is 28.3. The number of rotatable bonds is 6. The van der Waals surface area contributed by atoms with Crippen molar-refractivity contribution >= 4 is 59.2 Å². The molecule has 0 radical (unpaired) electrons. The standard InChI is InChI=1S/C38H42Si2/c1-7-39(8-2,9-3)23-21-29-13-19-35-31(25-29)15-17-33-28-38-34(27-37(33)35)18-16-32-26-30(14-20-36(32)38)22-24-40(10-4,11-5)12-6/h13-20,25-28H,7-12H2,1-6H3. The Morgan fingerprint density at radius 3 is 1.05 bits per heavy atom. The molecular weight excluding hydrogens is 513 g/mol. The van der Waals surface area contributed by atoms with Crippen molar-refractivity contribution in [3.8, 4) is 22.9 Å². The molecule has 2 heteroatoms. The molecule has 0 heterocycles. The SMILES string of the molecule is CC[Si](C#Cc1ccc2c(ccc3cc4c(ccc5cc(C#C[Si](CC)(CC)CC)ccc54)cc32)c1)(CC)CC. The summed E-state index contributed by atoms with van der Waals surface area (Å²) in [6.07, 6.45) is 0. The van der Waals surface area contributed by atoms with Crippen LogP contribution in [0.4, 0.5) is 0 Å². The Kier molecular flexibility index (Phi) is 8.23. The lowest BCUT2D eigenvalue weighted by Crippen LogP contribution is -2.29. The van der Waals surface area contributed by atoms with Crippen LogP contribution in [0.5, 0.6) is 0 Å². The third-order valence-electron chi connectivity index (χ3n) is 9.79. The fourth-order valence-corrected chi connectivity index (χ4v) is 11.1. The first kappa shape index (κ1) is 28.2. The fraction of sp³-hybridized carbons (Fsp3) is 0.316. The van der Waals surface area contributed by atoms with E-state index in [0.717, 1.165) is 11.1 Å². The molecule has 5 aromatic rings. The maximum Gasteiger partial charge on any atom is 0.138 e. The first-order chi connectivity index (χ1) is 19.4. The Labute approximate surface area is 243 Å². The summed E-state index contributed by atoms with van der Waals surface area (Å²) in [6.45, 7) is 13.9. The van der Waals surface area contributed by atoms with Gasteiger partial charge in [0.2, 0.25) is 0 Å². The quantitative estimate of drug-likeness (QED) is 0.0847. The molecule has 0 saturated heterocycles. The van der Waals surface area contributed by atoms with Crippen LogP contribution in [0.1, 0.15) is 52.7 Å². The van der Waals surface area contributed by atoms with E-state index in [1.165, 1.54) is 79.4 Å². The highest BCUT2D eigenvalue weighted by molar-refractivity contribution is 6.87. The van der Waals surface area contributed by atoms with Crippen molar-refractivity contribution in [2.45, 2.75) is 77.8 Å². The molecule has 0 amide bonds. The van der Waals surface area contributed by atoms with E-state index < -0.39 is 16.1 Å². The molecule has 5 rings (SSSR count). The molecule has 0 aliphatic rings. The molecule has 0 nitrogen and oxygen atoms in total. The first-order valence-electron chi connectivity index (χ1n) is 15.3. The van der Waals surface area contributed by atoms with E-state index >= 15 is 0 Å². The van der Waals surface area contributed by atoms with Crippen molar-refractivity contribution < 1.29 is 0 Å². The average Bonchev–Trinajstić information content (AvgIpc) is 3.01. The fourth-order valence-electron chi connectivity index (χ4n) is 6.22. The summed E-state index contributed by atoms with van der Waals surface area (Å²) < 4.78 is 0. The second kappa shape index (κ2) is 11.7. The van der Waals surface area contributed by atoms with E-state index in [2.05, 4.69) is 137 Å². The highest BCUT2D eigenvalue weighted by Gasteiger charge is 2.25. The Bertz CT molecular complexity index is 1680. The molecule has 0 atom stereocenters. The van der Waals surface area contributed by atoms with Crippen molar-refractivity contribution in [2.75, 3.05) is 0 Å². The van der Waals surface area contributed by atoms with Crippen molar-refractivity contribution in [1.82, 2.24) is 0 Å². The smallest absolute Gasteiger partial charge is 0.126 e. The van der Waals surface area contributed by atoms with Crippen molar-refractivity contribution in [1.29, 1.82) is 0 Å². The van der Waals surface area contributed by atoms with E-state index in [9.17, 15) is 0 Å². The number of hydrogen-bond acceptors (Lipinski definition) is 0. The van der Waals surface area contributed by atoms with Crippen LogP contribution in [0, 0.1) is 22.9 Å². The highest BCUT2D eigenvalue weighted by Crippen LogP contribution is 2.34. The van der Waals surface area contributed by atoms with Gasteiger partial charge < -0.3 is 0 Å². The van der Waals surface area contributed by atoms with E-state index in [1.807, 2.05) is 0 Å². The number of hydrogen-bond donors (Lipinski definition) is 0. The van der Waals surface area contributed by atoms with Crippen LogP contribution >= 0.6 is 0 Å². The minimum Gasteiger partial charge on any atom is -0.126 e. The summed E-state index contributed by atoms with van der Waals surface area (Å²) in [5.74, 6) is 7.13. The molecule has 0 saturated carbocycles. The van der Waals surface area contributed by atoms with E-state index in [-0.39, 0.29) is 0 Å². The number of benzene rings is 5. The van der Waals surface area contributed by atoms with Crippen LogP contribution in [0.2, 0.25) is 36.3 Å². The van der Waals surface area contributed by atoms with Gasteiger partial charge in [0.25, 0.3) is 0 Å². The second-order valence-corrected chi connectivity index (χ2v) is 21.3. The number of fused-ring (bicyclic) bond motifs is 6. The third kappa shape index (κ3) is 5.24. The molecule has 0 aliphatic heterocycles. The van der Waals surface area contributed by atoms with Crippen LogP contribution in [-0.4, -0.2) is 16.1 Å². The monoisotopic (exact) mass is 554 g/mol. The molecule has 0 N–H and O–H groups in total. The second-order valence-electron chi connectivity index (χ2n) is 11.5. The highest BCUT2D eigenvalue weighted by atomic mass is 28.3. The molecule has 0 fully saturated rings. The van der Waals surface area contributed by atoms with Crippen LogP contribution < -0.4 is 0 Å². The zero-order valence-corrected chi connectivity index (χ0v) is 27.2. The lowest BCUT2D eigenvalue weighted by Gasteiger charge is -2.20. The lowest BCUT2D eigenvalue weighted by molar-refractivity contribution is 1.20. The van der Waals surface area contributed by atoms with Gasteiger partial charge in [-0.3, -0.25) is 0 Å². The Morgan fingerprint density at radius 2 is 0.725 bits per heavy atom. The maximum absolute atomic E-state index is 3.75. The molecule has 0 spiro atoms. The third-order valence-corrected chi connectivity index (χ3v) is 19.2. The summed E-state index contributed by atoms with van der Waals surface area (Å²) in [7, 11) is -2.91. The van der Waals surface area contributed by atoms with Gasteiger partial charge >= 0.3 is 0 Å². The molecule has 0 bridgehead atoms. The normalized spacial score (nSPS) is 11.9. The summed E-state index contributed by atoms with van der Waals surface area (Å²) in [4.78, 5) is 0. The predicted octanol–water partition coefficient (Wildman–Crippen LogP) is 11.1. The molecule has 202 valence electrons. The molecule has 0 unspecified atom stereocenters. The van der Waals surface area contributed by atoms with Gasteiger partial charge in [0.15, 0.2) is 0 Å². The zero-order valence-electron chi connectivity index (χ0n) is 25.2. The van der Waals surface area contributed by atoms with Crippen molar-refractivity contribution in [3.05, 3.63) is 83.9 Å². The summed E-state index contributed by atoms with van der Waals surface area (Å²) >= 11 is 0. The summed E-state index contributed by atoms with van der Waals surface area (Å²) in [5.41, 5.74) is 9.78. The van der Waals surface area contributed by atoms with Gasteiger partial charge in [0, 0.05) is 11.1 Å². The van der Waals surface area contributed by atoms with Crippen LogP contribution in [-0.2, 0) is 0 Å². The van der Waals surface area contributed by atoms with Crippen molar-refractivity contribution in [2.24, 2.45) is 0 Å². The Hall–Kier alpha value is -3.31. The van der Waals surface area contributed by atoms with Gasteiger partial charge in [-0.05, 0) is 116 Å². The Morgan fingerprint density at radius 1 is 0.400 bits per heavy atom. The van der Waals surface area contributed by atoms with Gasteiger partial charge in [-0.15, -0.1) is 11.1 Å². The van der Waals surface area contributed by atoms with E-state index in [0.29, 0.717) is 0 Å². The average molecular weight is 555 g/mol. The van der Waals surface area contributed by atoms with Gasteiger partial charge in [-0.2, -0.15) is 0 Å². The van der Waals surface area contributed by atoms with E-state index in [1.54, 1.807) is 0 Å². The lowest BCUT2D eigenvalue weighted by atomic mass is 9.94. The first-order valence-corrected chi connectivity index (χ1v) is 20.6. The van der Waals surface area contributed by atoms with Gasteiger partial charge in [0.1, 0.15) is 16.1 Å².